The Bertz CT molecular complexity index is 865. The molecular formula is C17H17N3O3S. The van der Waals surface area contributed by atoms with Gasteiger partial charge in [-0.3, -0.25) is 9.52 Å². The molecule has 0 aliphatic rings. The first-order valence-corrected chi connectivity index (χ1v) is 8.74. The van der Waals surface area contributed by atoms with Gasteiger partial charge in [0, 0.05) is 17.3 Å². The van der Waals surface area contributed by atoms with Crippen LogP contribution in [0.3, 0.4) is 0 Å². The molecule has 2 aromatic carbocycles. The van der Waals surface area contributed by atoms with Gasteiger partial charge in [-0.1, -0.05) is 0 Å². The molecule has 24 heavy (non-hydrogen) atoms. The van der Waals surface area contributed by atoms with Gasteiger partial charge < -0.3 is 5.32 Å². The minimum Gasteiger partial charge on any atom is -0.350 e. The maximum Gasteiger partial charge on any atom is 0.261 e. The summed E-state index contributed by atoms with van der Waals surface area (Å²) in [6.07, 6.45) is 0. The minimum atomic E-state index is -3.76. The molecule has 2 rings (SSSR count). The maximum atomic E-state index is 12.3. The fourth-order valence-electron chi connectivity index (χ4n) is 1.96. The normalized spacial score (nSPS) is 10.9. The number of sulfonamides is 1. The van der Waals surface area contributed by atoms with Crippen molar-refractivity contribution >= 4 is 21.6 Å². The van der Waals surface area contributed by atoms with Gasteiger partial charge in [-0.15, -0.1) is 0 Å². The molecule has 0 bridgehead atoms. The minimum absolute atomic E-state index is 0.000965. The van der Waals surface area contributed by atoms with E-state index in [1.807, 2.05) is 19.9 Å². The van der Waals surface area contributed by atoms with Crippen molar-refractivity contribution in [3.05, 3.63) is 59.7 Å². The summed E-state index contributed by atoms with van der Waals surface area (Å²) in [4.78, 5) is 11.9. The van der Waals surface area contributed by atoms with Crippen LogP contribution >= 0.6 is 0 Å². The smallest absolute Gasteiger partial charge is 0.261 e. The number of nitrogens with zero attached hydrogens (tertiary/aromatic N) is 1. The first-order valence-electron chi connectivity index (χ1n) is 7.26. The maximum absolute atomic E-state index is 12.3. The topological polar surface area (TPSA) is 99.1 Å². The second-order valence-corrected chi connectivity index (χ2v) is 7.13. The molecule has 0 spiro atoms. The van der Waals surface area contributed by atoms with Crippen LogP contribution in [-0.2, 0) is 10.0 Å². The van der Waals surface area contributed by atoms with Crippen LogP contribution in [0.25, 0.3) is 0 Å². The van der Waals surface area contributed by atoms with E-state index in [1.54, 1.807) is 0 Å². The molecule has 0 atom stereocenters. The molecule has 0 aromatic heterocycles. The lowest BCUT2D eigenvalue weighted by Gasteiger charge is -2.10. The Hall–Kier alpha value is -2.85. The number of carbonyl (C=O) groups is 1. The van der Waals surface area contributed by atoms with Gasteiger partial charge in [0.2, 0.25) is 0 Å². The van der Waals surface area contributed by atoms with E-state index in [0.29, 0.717) is 16.8 Å². The number of anilines is 1. The summed E-state index contributed by atoms with van der Waals surface area (Å²) in [6, 6.07) is 13.7. The number of hydrogen-bond acceptors (Lipinski definition) is 4. The molecule has 2 N–H and O–H groups in total. The fourth-order valence-corrected chi connectivity index (χ4v) is 3.02. The Balaban J connectivity index is 2.17. The lowest BCUT2D eigenvalue weighted by atomic mass is 10.2. The van der Waals surface area contributed by atoms with Crippen molar-refractivity contribution in [3.8, 4) is 6.07 Å². The van der Waals surface area contributed by atoms with Crippen molar-refractivity contribution in [2.24, 2.45) is 0 Å². The fraction of sp³-hybridized carbons (Fsp3) is 0.176. The highest BCUT2D eigenvalue weighted by atomic mass is 32.2. The number of rotatable bonds is 5. The van der Waals surface area contributed by atoms with Crippen LogP contribution in [-0.4, -0.2) is 20.4 Å². The Labute approximate surface area is 141 Å². The van der Waals surface area contributed by atoms with Gasteiger partial charge in [-0.25, -0.2) is 8.42 Å². The van der Waals surface area contributed by atoms with E-state index < -0.39 is 10.0 Å². The molecule has 0 heterocycles. The van der Waals surface area contributed by atoms with Gasteiger partial charge in [0.25, 0.3) is 15.9 Å². The van der Waals surface area contributed by atoms with Gasteiger partial charge in [0.15, 0.2) is 0 Å². The van der Waals surface area contributed by atoms with Crippen LogP contribution in [0.1, 0.15) is 29.8 Å². The number of carbonyl (C=O) groups excluding carboxylic acids is 1. The SMILES string of the molecule is CC(C)NC(=O)c1ccc(S(=O)(=O)Nc2ccc(C#N)cc2)cc1. The summed E-state index contributed by atoms with van der Waals surface area (Å²) < 4.78 is 27.1. The monoisotopic (exact) mass is 343 g/mol. The first kappa shape index (κ1) is 17.5. The van der Waals surface area contributed by atoms with Crippen LogP contribution in [0, 0.1) is 11.3 Å². The summed E-state index contributed by atoms with van der Waals surface area (Å²) >= 11 is 0. The Kier molecular flexibility index (Phi) is 5.21. The summed E-state index contributed by atoms with van der Waals surface area (Å²) in [7, 11) is -3.76. The summed E-state index contributed by atoms with van der Waals surface area (Å²) in [5.41, 5.74) is 1.19. The molecule has 124 valence electrons. The quantitative estimate of drug-likeness (QED) is 0.871. The highest BCUT2D eigenvalue weighted by Gasteiger charge is 2.15. The molecular weight excluding hydrogens is 326 g/mol. The molecule has 0 unspecified atom stereocenters. The van der Waals surface area contributed by atoms with E-state index >= 15 is 0 Å². The van der Waals surface area contributed by atoms with Crippen molar-refractivity contribution in [3.63, 3.8) is 0 Å². The average molecular weight is 343 g/mol. The van der Waals surface area contributed by atoms with Crippen molar-refractivity contribution in [1.29, 1.82) is 5.26 Å². The molecule has 0 fully saturated rings. The van der Waals surface area contributed by atoms with E-state index in [4.69, 9.17) is 5.26 Å². The van der Waals surface area contributed by atoms with Crippen LogP contribution in [0.15, 0.2) is 53.4 Å². The first-order chi connectivity index (χ1) is 11.3. The highest BCUT2D eigenvalue weighted by molar-refractivity contribution is 7.92. The molecule has 0 aliphatic heterocycles. The number of nitrogens with one attached hydrogen (secondary N) is 2. The lowest BCUT2D eigenvalue weighted by molar-refractivity contribution is 0.0943. The second kappa shape index (κ2) is 7.15. The van der Waals surface area contributed by atoms with Crippen LogP contribution < -0.4 is 10.0 Å². The van der Waals surface area contributed by atoms with E-state index in [9.17, 15) is 13.2 Å². The molecule has 0 saturated carbocycles. The third kappa shape index (κ3) is 4.33. The molecule has 0 radical (unpaired) electrons. The standard InChI is InChI=1S/C17H17N3O3S/c1-12(2)19-17(21)14-5-9-16(10-6-14)24(22,23)20-15-7-3-13(11-18)4-8-15/h3-10,12,20H,1-2H3,(H,19,21). The number of hydrogen-bond donors (Lipinski definition) is 2. The lowest BCUT2D eigenvalue weighted by Crippen LogP contribution is -2.30. The number of amides is 1. The Morgan fingerprint density at radius 1 is 1.04 bits per heavy atom. The molecule has 0 aliphatic carbocycles. The molecule has 6 nitrogen and oxygen atoms in total. The van der Waals surface area contributed by atoms with Gasteiger partial charge in [0.05, 0.1) is 16.5 Å². The van der Waals surface area contributed by atoms with Crippen molar-refractivity contribution in [2.75, 3.05) is 4.72 Å². The number of nitriles is 1. The zero-order chi connectivity index (χ0) is 17.7. The van der Waals surface area contributed by atoms with Gasteiger partial charge in [-0.05, 0) is 62.4 Å². The summed E-state index contributed by atoms with van der Waals surface area (Å²) in [5.74, 6) is -0.256. The summed E-state index contributed by atoms with van der Waals surface area (Å²) in [6.45, 7) is 3.69. The predicted octanol–water partition coefficient (Wildman–Crippen LogP) is 2.50. The third-order valence-electron chi connectivity index (χ3n) is 3.11. The predicted molar refractivity (Wildman–Crippen MR) is 91.0 cm³/mol. The zero-order valence-electron chi connectivity index (χ0n) is 13.3. The van der Waals surface area contributed by atoms with Crippen LogP contribution in [0.4, 0.5) is 5.69 Å². The van der Waals surface area contributed by atoms with E-state index in [1.165, 1.54) is 48.5 Å². The molecule has 0 saturated heterocycles. The molecule has 1 amide bonds. The van der Waals surface area contributed by atoms with Gasteiger partial charge in [-0.2, -0.15) is 5.26 Å². The van der Waals surface area contributed by atoms with Gasteiger partial charge >= 0.3 is 0 Å². The second-order valence-electron chi connectivity index (χ2n) is 5.45. The molecule has 2 aromatic rings. The number of benzene rings is 2. The average Bonchev–Trinajstić information content (AvgIpc) is 2.55. The van der Waals surface area contributed by atoms with Crippen molar-refractivity contribution in [1.82, 2.24) is 5.32 Å². The third-order valence-corrected chi connectivity index (χ3v) is 4.51. The largest absolute Gasteiger partial charge is 0.350 e. The van der Waals surface area contributed by atoms with E-state index in [-0.39, 0.29) is 16.8 Å². The highest BCUT2D eigenvalue weighted by Crippen LogP contribution is 2.17. The van der Waals surface area contributed by atoms with E-state index in [0.717, 1.165) is 0 Å². The summed E-state index contributed by atoms with van der Waals surface area (Å²) in [5, 5.41) is 11.5. The Morgan fingerprint density at radius 2 is 1.62 bits per heavy atom. The van der Waals surface area contributed by atoms with E-state index in [2.05, 4.69) is 10.0 Å². The molecule has 7 heteroatoms. The zero-order valence-corrected chi connectivity index (χ0v) is 14.1. The van der Waals surface area contributed by atoms with Crippen molar-refractivity contribution < 1.29 is 13.2 Å². The van der Waals surface area contributed by atoms with Crippen LogP contribution in [0.5, 0.6) is 0 Å². The van der Waals surface area contributed by atoms with Crippen LogP contribution in [0.2, 0.25) is 0 Å². The van der Waals surface area contributed by atoms with Crippen molar-refractivity contribution in [2.45, 2.75) is 24.8 Å². The van der Waals surface area contributed by atoms with Gasteiger partial charge in [0.1, 0.15) is 0 Å². The Morgan fingerprint density at radius 3 is 2.12 bits per heavy atom.